The van der Waals surface area contributed by atoms with Crippen molar-refractivity contribution < 1.29 is 19.1 Å². The number of imide groups is 1. The van der Waals surface area contributed by atoms with Crippen LogP contribution in [0.25, 0.3) is 0 Å². The molecule has 1 aliphatic heterocycles. The first kappa shape index (κ1) is 16.7. The molecule has 1 atom stereocenters. The average Bonchev–Trinajstić information content (AvgIpc) is 2.87. The molecule has 128 valence electrons. The smallest absolute Gasteiger partial charge is 0.262 e. The van der Waals surface area contributed by atoms with E-state index in [-0.39, 0.29) is 0 Å². The van der Waals surface area contributed by atoms with Crippen LogP contribution in [-0.2, 0) is 4.79 Å². The molecule has 0 fully saturated rings. The highest BCUT2D eigenvalue weighted by Gasteiger charge is 2.40. The van der Waals surface area contributed by atoms with Crippen molar-refractivity contribution in [1.82, 2.24) is 4.90 Å². The van der Waals surface area contributed by atoms with Gasteiger partial charge in [0.15, 0.2) is 0 Å². The van der Waals surface area contributed by atoms with E-state index in [1.165, 1.54) is 6.92 Å². The Balaban J connectivity index is 1.73. The van der Waals surface area contributed by atoms with Crippen molar-refractivity contribution in [3.63, 3.8) is 0 Å². The van der Waals surface area contributed by atoms with E-state index in [4.69, 9.17) is 4.74 Å². The lowest BCUT2D eigenvalue weighted by molar-refractivity contribution is -0.119. The molecule has 6 heteroatoms. The molecule has 0 saturated carbocycles. The highest BCUT2D eigenvalue weighted by atomic mass is 16.5. The monoisotopic (exact) mass is 338 g/mol. The molecule has 1 N–H and O–H groups in total. The highest BCUT2D eigenvalue weighted by molar-refractivity contribution is 6.23. The molecule has 2 aromatic rings. The van der Waals surface area contributed by atoms with E-state index in [0.717, 1.165) is 4.90 Å². The van der Waals surface area contributed by atoms with Gasteiger partial charge in [-0.2, -0.15) is 0 Å². The molecule has 3 rings (SSSR count). The van der Waals surface area contributed by atoms with Crippen molar-refractivity contribution in [2.45, 2.75) is 19.9 Å². The quantitative estimate of drug-likeness (QED) is 0.851. The Morgan fingerprint density at radius 2 is 1.60 bits per heavy atom. The minimum atomic E-state index is -0.918. The number of nitrogens with one attached hydrogen (secondary N) is 1. The van der Waals surface area contributed by atoms with E-state index in [9.17, 15) is 14.4 Å². The zero-order chi connectivity index (χ0) is 18.0. The van der Waals surface area contributed by atoms with E-state index in [2.05, 4.69) is 5.32 Å². The lowest BCUT2D eigenvalue weighted by Gasteiger charge is -2.21. The summed E-state index contributed by atoms with van der Waals surface area (Å²) in [4.78, 5) is 38.3. The number of rotatable bonds is 5. The van der Waals surface area contributed by atoms with Crippen molar-refractivity contribution in [3.05, 3.63) is 59.7 Å². The van der Waals surface area contributed by atoms with Crippen LogP contribution in [0.3, 0.4) is 0 Å². The maximum absolute atomic E-state index is 12.5. The minimum Gasteiger partial charge on any atom is -0.494 e. The second-order valence-corrected chi connectivity index (χ2v) is 5.65. The summed E-state index contributed by atoms with van der Waals surface area (Å²) in [5, 5.41) is 2.72. The summed E-state index contributed by atoms with van der Waals surface area (Å²) >= 11 is 0. The number of hydrogen-bond donors (Lipinski definition) is 1. The molecule has 1 aliphatic rings. The molecule has 25 heavy (non-hydrogen) atoms. The Kier molecular flexibility index (Phi) is 4.52. The van der Waals surface area contributed by atoms with Gasteiger partial charge in [-0.05, 0) is 50.2 Å². The van der Waals surface area contributed by atoms with Crippen LogP contribution >= 0.6 is 0 Å². The number of nitrogens with zero attached hydrogens (tertiary/aromatic N) is 1. The predicted octanol–water partition coefficient (Wildman–Crippen LogP) is 2.71. The van der Waals surface area contributed by atoms with Crippen molar-refractivity contribution in [3.8, 4) is 5.75 Å². The van der Waals surface area contributed by atoms with Gasteiger partial charge >= 0.3 is 0 Å². The Hall–Kier alpha value is -3.15. The van der Waals surface area contributed by atoms with Crippen LogP contribution in [-0.4, -0.2) is 35.3 Å². The molecule has 0 unspecified atom stereocenters. The van der Waals surface area contributed by atoms with Gasteiger partial charge in [0.2, 0.25) is 5.91 Å². The number of benzene rings is 2. The second kappa shape index (κ2) is 6.76. The number of fused-ring (bicyclic) bond motifs is 1. The normalized spacial score (nSPS) is 14.2. The maximum Gasteiger partial charge on any atom is 0.262 e. The standard InChI is InChI=1S/C19H18N2O4/c1-3-25-14-10-8-13(9-11-14)20-17(22)12(2)21-18(23)15-6-4-5-7-16(15)19(21)24/h4-12H,3H2,1-2H3,(H,20,22)/t12-/m0/s1. The predicted molar refractivity (Wildman–Crippen MR) is 92.6 cm³/mol. The Labute approximate surface area is 145 Å². The van der Waals surface area contributed by atoms with Crippen LogP contribution in [0.5, 0.6) is 5.75 Å². The molecule has 2 aromatic carbocycles. The summed E-state index contributed by atoms with van der Waals surface area (Å²) in [5.74, 6) is -0.627. The third-order valence-corrected chi connectivity index (χ3v) is 4.03. The average molecular weight is 338 g/mol. The van der Waals surface area contributed by atoms with E-state index in [0.29, 0.717) is 29.2 Å². The maximum atomic E-state index is 12.5. The zero-order valence-electron chi connectivity index (χ0n) is 14.0. The fraction of sp³-hybridized carbons (Fsp3) is 0.211. The Bertz CT molecular complexity index is 795. The van der Waals surface area contributed by atoms with Gasteiger partial charge in [-0.3, -0.25) is 19.3 Å². The highest BCUT2D eigenvalue weighted by Crippen LogP contribution is 2.25. The van der Waals surface area contributed by atoms with E-state index in [1.54, 1.807) is 48.5 Å². The number of ether oxygens (including phenoxy) is 1. The first-order chi connectivity index (χ1) is 12.0. The van der Waals surface area contributed by atoms with Gasteiger partial charge in [0.25, 0.3) is 11.8 Å². The SMILES string of the molecule is CCOc1ccc(NC(=O)[C@H](C)N2C(=O)c3ccccc3C2=O)cc1. The van der Waals surface area contributed by atoms with E-state index >= 15 is 0 Å². The summed E-state index contributed by atoms with van der Waals surface area (Å²) in [7, 11) is 0. The Morgan fingerprint density at radius 3 is 2.12 bits per heavy atom. The van der Waals surface area contributed by atoms with Crippen LogP contribution in [0.1, 0.15) is 34.6 Å². The molecular formula is C19H18N2O4. The molecule has 0 radical (unpaired) electrons. The van der Waals surface area contributed by atoms with Gasteiger partial charge in [0, 0.05) is 5.69 Å². The van der Waals surface area contributed by atoms with Gasteiger partial charge in [-0.15, -0.1) is 0 Å². The summed E-state index contributed by atoms with van der Waals surface area (Å²) in [5.41, 5.74) is 1.22. The van der Waals surface area contributed by atoms with Crippen molar-refractivity contribution >= 4 is 23.4 Å². The summed E-state index contributed by atoms with van der Waals surface area (Å²) in [6.07, 6.45) is 0. The largest absolute Gasteiger partial charge is 0.494 e. The van der Waals surface area contributed by atoms with Crippen molar-refractivity contribution in [2.24, 2.45) is 0 Å². The number of amides is 3. The van der Waals surface area contributed by atoms with Crippen LogP contribution < -0.4 is 10.1 Å². The van der Waals surface area contributed by atoms with Gasteiger partial charge in [-0.25, -0.2) is 0 Å². The van der Waals surface area contributed by atoms with Crippen LogP contribution in [0.15, 0.2) is 48.5 Å². The summed E-state index contributed by atoms with van der Waals surface area (Å²) < 4.78 is 5.35. The first-order valence-corrected chi connectivity index (χ1v) is 8.03. The van der Waals surface area contributed by atoms with Gasteiger partial charge in [0.05, 0.1) is 17.7 Å². The van der Waals surface area contributed by atoms with Crippen LogP contribution in [0.2, 0.25) is 0 Å². The van der Waals surface area contributed by atoms with Crippen molar-refractivity contribution in [1.29, 1.82) is 0 Å². The molecule has 0 aliphatic carbocycles. The Morgan fingerprint density at radius 1 is 1.04 bits per heavy atom. The molecule has 1 heterocycles. The van der Waals surface area contributed by atoms with Gasteiger partial charge in [-0.1, -0.05) is 12.1 Å². The topological polar surface area (TPSA) is 75.7 Å². The molecule has 0 bridgehead atoms. The lowest BCUT2D eigenvalue weighted by Crippen LogP contribution is -2.45. The molecule has 0 spiro atoms. The van der Waals surface area contributed by atoms with Crippen molar-refractivity contribution in [2.75, 3.05) is 11.9 Å². The van der Waals surface area contributed by atoms with E-state index in [1.807, 2.05) is 6.92 Å². The first-order valence-electron chi connectivity index (χ1n) is 8.03. The number of carbonyl (C=O) groups is 3. The third-order valence-electron chi connectivity index (χ3n) is 4.03. The fourth-order valence-corrected chi connectivity index (χ4v) is 2.72. The number of hydrogen-bond acceptors (Lipinski definition) is 4. The fourth-order valence-electron chi connectivity index (χ4n) is 2.72. The third kappa shape index (κ3) is 3.10. The molecule has 3 amide bonds. The molecule has 0 aromatic heterocycles. The van der Waals surface area contributed by atoms with E-state index < -0.39 is 23.8 Å². The number of carbonyl (C=O) groups excluding carboxylic acids is 3. The molecule has 6 nitrogen and oxygen atoms in total. The van der Waals surface area contributed by atoms with Crippen LogP contribution in [0, 0.1) is 0 Å². The van der Waals surface area contributed by atoms with Crippen LogP contribution in [0.4, 0.5) is 5.69 Å². The van der Waals surface area contributed by atoms with Gasteiger partial charge in [0.1, 0.15) is 11.8 Å². The number of anilines is 1. The van der Waals surface area contributed by atoms with Gasteiger partial charge < -0.3 is 10.1 Å². The summed E-state index contributed by atoms with van der Waals surface area (Å²) in [6.45, 7) is 3.98. The summed E-state index contributed by atoms with van der Waals surface area (Å²) in [6, 6.07) is 12.5. The lowest BCUT2D eigenvalue weighted by atomic mass is 10.1. The molecular weight excluding hydrogens is 320 g/mol. The zero-order valence-corrected chi connectivity index (χ0v) is 14.0. The minimum absolute atomic E-state index is 0.327. The second-order valence-electron chi connectivity index (χ2n) is 5.65. The molecule has 0 saturated heterocycles.